The number of hydrogen-bond acceptors (Lipinski definition) is 6. The summed E-state index contributed by atoms with van der Waals surface area (Å²) in [6.07, 6.45) is -1.16. The molecule has 0 radical (unpaired) electrons. The Morgan fingerprint density at radius 1 is 0.848 bits per heavy atom. The van der Waals surface area contributed by atoms with Crippen LogP contribution in [0.25, 0.3) is 33.4 Å². The quantitative estimate of drug-likeness (QED) is 0.171. The molecule has 0 saturated heterocycles. The molecule has 2 heterocycles. The van der Waals surface area contributed by atoms with Crippen LogP contribution >= 0.6 is 12.4 Å². The van der Waals surface area contributed by atoms with Crippen molar-refractivity contribution in [2.75, 3.05) is 25.3 Å². The molecule has 13 heteroatoms. The van der Waals surface area contributed by atoms with Gasteiger partial charge in [0.1, 0.15) is 23.7 Å². The van der Waals surface area contributed by atoms with Crippen LogP contribution in [0.2, 0.25) is 0 Å². The smallest absolute Gasteiger partial charge is 0.406 e. The van der Waals surface area contributed by atoms with E-state index in [0.29, 0.717) is 27.2 Å². The zero-order valence-corrected chi connectivity index (χ0v) is 25.2. The first-order valence-corrected chi connectivity index (χ1v) is 13.4. The number of hydrogen-bond donors (Lipinski definition) is 2. The van der Waals surface area contributed by atoms with Gasteiger partial charge in [-0.25, -0.2) is 9.37 Å². The molecule has 238 valence electrons. The SMILES string of the molecule is COc1ccc(-c2cnc(N)c(-c3ccc(NC(=O)c4cn(CC(F)(F)F)cc(-c5ccc(F)cc5)c4=O)cc3)c2)cc1OC.Cl. The van der Waals surface area contributed by atoms with E-state index in [1.807, 2.05) is 18.2 Å². The first-order valence-electron chi connectivity index (χ1n) is 13.4. The molecule has 3 aromatic carbocycles. The molecule has 0 saturated carbocycles. The summed E-state index contributed by atoms with van der Waals surface area (Å²) in [5, 5.41) is 2.56. The van der Waals surface area contributed by atoms with Crippen LogP contribution in [0.5, 0.6) is 11.5 Å². The summed E-state index contributed by atoms with van der Waals surface area (Å²) in [5.74, 6) is -0.120. The van der Waals surface area contributed by atoms with Crippen molar-refractivity contribution < 1.29 is 31.8 Å². The Labute approximate surface area is 266 Å². The highest BCUT2D eigenvalue weighted by Crippen LogP contribution is 2.35. The summed E-state index contributed by atoms with van der Waals surface area (Å²) < 4.78 is 64.5. The molecule has 0 bridgehead atoms. The summed E-state index contributed by atoms with van der Waals surface area (Å²) >= 11 is 0. The molecule has 2 aromatic heterocycles. The van der Waals surface area contributed by atoms with Crippen molar-refractivity contribution in [1.82, 2.24) is 9.55 Å². The van der Waals surface area contributed by atoms with Crippen molar-refractivity contribution in [2.24, 2.45) is 0 Å². The lowest BCUT2D eigenvalue weighted by Gasteiger charge is -2.14. The van der Waals surface area contributed by atoms with Crippen LogP contribution in [0.15, 0.2) is 96.2 Å². The topological polar surface area (TPSA) is 108 Å². The number of amides is 1. The van der Waals surface area contributed by atoms with Crippen LogP contribution in [0.1, 0.15) is 10.4 Å². The van der Waals surface area contributed by atoms with Crippen molar-refractivity contribution in [2.45, 2.75) is 12.7 Å². The van der Waals surface area contributed by atoms with Crippen LogP contribution in [-0.4, -0.2) is 35.9 Å². The number of nitrogens with zero attached hydrogens (tertiary/aromatic N) is 2. The Kier molecular flexibility index (Phi) is 10.0. The van der Waals surface area contributed by atoms with Gasteiger partial charge in [0.05, 0.1) is 14.2 Å². The first-order chi connectivity index (χ1) is 21.5. The molecular formula is C33H27ClF4N4O4. The second-order valence-corrected chi connectivity index (χ2v) is 9.97. The third-order valence-electron chi connectivity index (χ3n) is 6.93. The molecule has 0 aliphatic carbocycles. The lowest BCUT2D eigenvalue weighted by atomic mass is 10.0. The fourth-order valence-corrected chi connectivity index (χ4v) is 4.74. The highest BCUT2D eigenvalue weighted by Gasteiger charge is 2.29. The molecular weight excluding hydrogens is 628 g/mol. The predicted molar refractivity (Wildman–Crippen MR) is 170 cm³/mol. The fourth-order valence-electron chi connectivity index (χ4n) is 4.74. The Morgan fingerprint density at radius 3 is 2.09 bits per heavy atom. The molecule has 8 nitrogen and oxygen atoms in total. The van der Waals surface area contributed by atoms with E-state index in [9.17, 15) is 27.2 Å². The molecule has 5 rings (SSSR count). The van der Waals surface area contributed by atoms with Gasteiger partial charge >= 0.3 is 6.18 Å². The van der Waals surface area contributed by atoms with Gasteiger partial charge in [0.2, 0.25) is 5.43 Å². The standard InChI is InChI=1S/C33H26F4N4O4.ClH/c1-44-28-12-7-21(14-29(28)45-2)22-13-25(31(38)39-15-22)19-5-10-24(11-6-19)40-32(43)27-17-41(18-33(35,36)37)16-26(30(27)42)20-3-8-23(34)9-4-20;/h3-17H,18H2,1-2H3,(H2,38,39)(H,40,43);1H. The van der Waals surface area contributed by atoms with E-state index in [0.717, 1.165) is 35.7 Å². The Hall–Kier alpha value is -5.36. The maximum absolute atomic E-state index is 13.4. The maximum Gasteiger partial charge on any atom is 0.406 e. The highest BCUT2D eigenvalue weighted by molar-refractivity contribution is 6.04. The number of carbonyl (C=O) groups is 1. The lowest BCUT2D eigenvalue weighted by Crippen LogP contribution is -2.27. The number of nitrogens with one attached hydrogen (secondary N) is 1. The van der Waals surface area contributed by atoms with E-state index in [4.69, 9.17) is 15.2 Å². The molecule has 0 spiro atoms. The highest BCUT2D eigenvalue weighted by atomic mass is 35.5. The number of alkyl halides is 3. The van der Waals surface area contributed by atoms with E-state index in [2.05, 4.69) is 10.3 Å². The number of rotatable bonds is 8. The summed E-state index contributed by atoms with van der Waals surface area (Å²) in [4.78, 5) is 30.7. The molecule has 0 aliphatic heterocycles. The van der Waals surface area contributed by atoms with Gasteiger partial charge < -0.3 is 25.1 Å². The average Bonchev–Trinajstić information content (AvgIpc) is 3.02. The zero-order valence-electron chi connectivity index (χ0n) is 24.4. The Balaban J connectivity index is 0.00000480. The van der Waals surface area contributed by atoms with Gasteiger partial charge in [-0.15, -0.1) is 12.4 Å². The van der Waals surface area contributed by atoms with Gasteiger partial charge in [0.15, 0.2) is 11.5 Å². The molecule has 0 atom stereocenters. The van der Waals surface area contributed by atoms with Gasteiger partial charge in [-0.05, 0) is 59.2 Å². The molecule has 0 unspecified atom stereocenters. The largest absolute Gasteiger partial charge is 0.493 e. The maximum atomic E-state index is 13.4. The molecule has 5 aromatic rings. The molecule has 1 amide bonds. The molecule has 46 heavy (non-hydrogen) atoms. The fraction of sp³-hybridized carbons (Fsp3) is 0.121. The Morgan fingerprint density at radius 2 is 1.46 bits per heavy atom. The summed E-state index contributed by atoms with van der Waals surface area (Å²) in [5.41, 5.74) is 7.97. The summed E-state index contributed by atoms with van der Waals surface area (Å²) in [6.45, 7) is -1.44. The number of aromatic nitrogens is 2. The van der Waals surface area contributed by atoms with E-state index < -0.39 is 35.4 Å². The minimum atomic E-state index is -4.62. The van der Waals surface area contributed by atoms with Gasteiger partial charge in [-0.2, -0.15) is 13.2 Å². The van der Waals surface area contributed by atoms with Gasteiger partial charge in [-0.1, -0.05) is 30.3 Å². The monoisotopic (exact) mass is 654 g/mol. The number of halogens is 5. The third-order valence-corrected chi connectivity index (χ3v) is 6.93. The summed E-state index contributed by atoms with van der Waals surface area (Å²) in [7, 11) is 3.08. The normalized spacial score (nSPS) is 11.0. The number of nitrogen functional groups attached to an aromatic ring is 1. The molecule has 0 fully saturated rings. The van der Waals surface area contributed by atoms with Gasteiger partial charge in [0, 0.05) is 41.0 Å². The average molecular weight is 655 g/mol. The minimum Gasteiger partial charge on any atom is -0.493 e. The van der Waals surface area contributed by atoms with Gasteiger partial charge in [0.25, 0.3) is 5.91 Å². The van der Waals surface area contributed by atoms with Crippen molar-refractivity contribution >= 4 is 29.8 Å². The minimum absolute atomic E-state index is 0. The number of anilines is 2. The predicted octanol–water partition coefficient (Wildman–Crippen LogP) is 7.22. The van der Waals surface area contributed by atoms with Crippen LogP contribution in [0, 0.1) is 5.82 Å². The summed E-state index contributed by atoms with van der Waals surface area (Å²) in [6, 6.07) is 18.4. The second-order valence-electron chi connectivity index (χ2n) is 9.97. The van der Waals surface area contributed by atoms with Crippen LogP contribution in [0.3, 0.4) is 0 Å². The third kappa shape index (κ3) is 7.46. The number of pyridine rings is 2. The first kappa shape index (κ1) is 33.5. The second kappa shape index (κ2) is 13.7. The van der Waals surface area contributed by atoms with Crippen LogP contribution in [-0.2, 0) is 6.54 Å². The van der Waals surface area contributed by atoms with Crippen molar-refractivity contribution in [3.05, 3.63) is 113 Å². The van der Waals surface area contributed by atoms with E-state index in [1.165, 1.54) is 19.2 Å². The lowest BCUT2D eigenvalue weighted by molar-refractivity contribution is -0.140. The Bertz CT molecular complexity index is 1930. The molecule has 3 N–H and O–H groups in total. The number of methoxy groups -OCH3 is 2. The van der Waals surface area contributed by atoms with Crippen molar-refractivity contribution in [1.29, 1.82) is 0 Å². The van der Waals surface area contributed by atoms with E-state index in [-0.39, 0.29) is 35.0 Å². The number of nitrogens with two attached hydrogens (primary N) is 1. The van der Waals surface area contributed by atoms with E-state index >= 15 is 0 Å². The van der Waals surface area contributed by atoms with E-state index in [1.54, 1.807) is 43.6 Å². The number of ether oxygens (including phenoxy) is 2. The van der Waals surface area contributed by atoms with Gasteiger partial charge in [-0.3, -0.25) is 9.59 Å². The van der Waals surface area contributed by atoms with Crippen LogP contribution in [0.4, 0.5) is 29.1 Å². The van der Waals surface area contributed by atoms with Crippen molar-refractivity contribution in [3.63, 3.8) is 0 Å². The number of carbonyl (C=O) groups excluding carboxylic acids is 1. The zero-order chi connectivity index (χ0) is 32.3. The van der Waals surface area contributed by atoms with Crippen molar-refractivity contribution in [3.8, 4) is 44.9 Å². The molecule has 0 aliphatic rings. The number of benzene rings is 3. The van der Waals surface area contributed by atoms with Crippen LogP contribution < -0.4 is 26.0 Å².